The average molecular weight is 503 g/mol. The van der Waals surface area contributed by atoms with Gasteiger partial charge in [-0.2, -0.15) is 0 Å². The van der Waals surface area contributed by atoms with E-state index in [1.54, 1.807) is 24.3 Å². The molecule has 0 radical (unpaired) electrons. The molecule has 10 heteroatoms. The van der Waals surface area contributed by atoms with Crippen LogP contribution < -0.4 is 5.32 Å². The summed E-state index contributed by atoms with van der Waals surface area (Å²) in [7, 11) is 3.01. The van der Waals surface area contributed by atoms with Gasteiger partial charge in [-0.3, -0.25) is 9.69 Å². The van der Waals surface area contributed by atoms with Crippen LogP contribution in [0.4, 0.5) is 10.5 Å². The molecule has 1 saturated carbocycles. The summed E-state index contributed by atoms with van der Waals surface area (Å²) in [6.07, 6.45) is 4.59. The number of fused-ring (bicyclic) bond motifs is 1. The van der Waals surface area contributed by atoms with E-state index in [1.165, 1.54) is 25.5 Å². The van der Waals surface area contributed by atoms with Gasteiger partial charge in [-0.05, 0) is 42.5 Å². The first kappa shape index (κ1) is 26.0. The van der Waals surface area contributed by atoms with Crippen LogP contribution in [0.5, 0.6) is 0 Å². The number of hydrogen-bond donors (Lipinski definition) is 2. The van der Waals surface area contributed by atoms with Crippen molar-refractivity contribution in [3.05, 3.63) is 30.0 Å². The molecule has 4 rings (SSSR count). The summed E-state index contributed by atoms with van der Waals surface area (Å²) in [5.74, 6) is -0.559. The molecule has 196 valence electrons. The number of esters is 1. The van der Waals surface area contributed by atoms with Gasteiger partial charge in [0.15, 0.2) is 0 Å². The number of furan rings is 1. The Kier molecular flexibility index (Phi) is 8.48. The second-order valence-corrected chi connectivity index (χ2v) is 9.56. The molecule has 0 bridgehead atoms. The van der Waals surface area contributed by atoms with E-state index in [9.17, 15) is 19.5 Å². The van der Waals surface area contributed by atoms with Crippen LogP contribution in [0.1, 0.15) is 49.1 Å². The molecule has 2 heterocycles. The van der Waals surface area contributed by atoms with Crippen LogP contribution in [-0.4, -0.2) is 74.1 Å². The van der Waals surface area contributed by atoms with Crippen LogP contribution in [-0.2, 0) is 19.0 Å². The molecule has 2 N–H and O–H groups in total. The number of likely N-dealkylation sites (tertiary alicyclic amines) is 1. The van der Waals surface area contributed by atoms with Gasteiger partial charge in [-0.25, -0.2) is 9.59 Å². The second kappa shape index (κ2) is 11.7. The molecule has 1 saturated heterocycles. The molecule has 36 heavy (non-hydrogen) atoms. The lowest BCUT2D eigenvalue weighted by Crippen LogP contribution is -2.47. The number of carboxylic acid groups (broad SMARTS) is 1. The van der Waals surface area contributed by atoms with Crippen molar-refractivity contribution in [2.45, 2.75) is 50.7 Å². The third-order valence-corrected chi connectivity index (χ3v) is 7.18. The van der Waals surface area contributed by atoms with Crippen molar-refractivity contribution in [3.8, 4) is 0 Å². The summed E-state index contributed by atoms with van der Waals surface area (Å²) in [5, 5.41) is 13.2. The van der Waals surface area contributed by atoms with Crippen LogP contribution >= 0.6 is 0 Å². The van der Waals surface area contributed by atoms with Gasteiger partial charge in [-0.15, -0.1) is 0 Å². The summed E-state index contributed by atoms with van der Waals surface area (Å²) in [6, 6.07) is 5.87. The lowest BCUT2D eigenvalue weighted by Gasteiger charge is -2.32. The van der Waals surface area contributed by atoms with Gasteiger partial charge in [0.05, 0.1) is 13.2 Å². The number of nitrogens with one attached hydrogen (secondary N) is 1. The molecule has 2 amide bonds. The van der Waals surface area contributed by atoms with Gasteiger partial charge in [0.25, 0.3) is 0 Å². The van der Waals surface area contributed by atoms with Crippen molar-refractivity contribution in [3.63, 3.8) is 0 Å². The fourth-order valence-corrected chi connectivity index (χ4v) is 5.56. The van der Waals surface area contributed by atoms with Crippen molar-refractivity contribution in [2.24, 2.45) is 11.8 Å². The summed E-state index contributed by atoms with van der Waals surface area (Å²) in [6.45, 7) is 0.743. The predicted octanol–water partition coefficient (Wildman–Crippen LogP) is 4.14. The molecule has 0 spiro atoms. The highest BCUT2D eigenvalue weighted by atomic mass is 16.6. The molecule has 1 aliphatic carbocycles. The highest BCUT2D eigenvalue weighted by Crippen LogP contribution is 2.39. The molecule has 2 atom stereocenters. The minimum Gasteiger partial charge on any atom is -0.465 e. The van der Waals surface area contributed by atoms with E-state index in [1.807, 2.05) is 0 Å². The highest BCUT2D eigenvalue weighted by molar-refractivity contribution is 5.99. The first-order valence-electron chi connectivity index (χ1n) is 12.4. The van der Waals surface area contributed by atoms with E-state index in [0.29, 0.717) is 35.5 Å². The Morgan fingerprint density at radius 2 is 1.81 bits per heavy atom. The molecule has 1 aromatic carbocycles. The Hall–Kier alpha value is -3.11. The number of hydrogen-bond acceptors (Lipinski definition) is 7. The lowest BCUT2D eigenvalue weighted by atomic mass is 9.76. The maximum absolute atomic E-state index is 13.3. The van der Waals surface area contributed by atoms with E-state index >= 15 is 0 Å². The van der Waals surface area contributed by atoms with Crippen LogP contribution in [0.2, 0.25) is 0 Å². The molecule has 1 aliphatic heterocycles. The maximum atomic E-state index is 13.3. The number of nitrogens with zero attached hydrogens (tertiary/aromatic N) is 1. The quantitative estimate of drug-likeness (QED) is 0.490. The fourth-order valence-electron chi connectivity index (χ4n) is 5.56. The zero-order chi connectivity index (χ0) is 25.7. The van der Waals surface area contributed by atoms with Crippen LogP contribution in [0.25, 0.3) is 11.0 Å². The van der Waals surface area contributed by atoms with Gasteiger partial charge in [-0.1, -0.05) is 32.1 Å². The zero-order valence-electron chi connectivity index (χ0n) is 20.7. The second-order valence-electron chi connectivity index (χ2n) is 9.56. The fraction of sp³-hybridized carbons (Fsp3) is 0.577. The Balaban J connectivity index is 1.48. The topological polar surface area (TPSA) is 128 Å². The molecule has 2 fully saturated rings. The van der Waals surface area contributed by atoms with E-state index in [2.05, 4.69) is 5.32 Å². The molecule has 0 unspecified atom stereocenters. The maximum Gasteiger partial charge on any atom is 0.407 e. The monoisotopic (exact) mass is 502 g/mol. The number of benzene rings is 1. The number of amides is 2. The van der Waals surface area contributed by atoms with Gasteiger partial charge < -0.3 is 29.1 Å². The van der Waals surface area contributed by atoms with Crippen molar-refractivity contribution < 1.29 is 38.1 Å². The minimum absolute atomic E-state index is 0.0209. The molecule has 2 aromatic rings. The van der Waals surface area contributed by atoms with Crippen molar-refractivity contribution >= 4 is 34.6 Å². The van der Waals surface area contributed by atoms with Crippen LogP contribution in [0.3, 0.4) is 0 Å². The van der Waals surface area contributed by atoms with Gasteiger partial charge in [0.2, 0.25) is 11.7 Å². The average Bonchev–Trinajstić information content (AvgIpc) is 3.50. The smallest absolute Gasteiger partial charge is 0.407 e. The van der Waals surface area contributed by atoms with E-state index in [0.717, 1.165) is 25.7 Å². The summed E-state index contributed by atoms with van der Waals surface area (Å²) < 4.78 is 21.1. The molecule has 1 aromatic heterocycles. The lowest BCUT2D eigenvalue weighted by molar-refractivity contribution is -0.121. The van der Waals surface area contributed by atoms with E-state index in [4.69, 9.17) is 18.6 Å². The first-order chi connectivity index (χ1) is 17.4. The molecule has 2 aliphatic rings. The number of ether oxygens (including phenoxy) is 3. The number of carbonyl (C=O) groups excluding carboxylic acids is 2. The first-order valence-corrected chi connectivity index (χ1v) is 12.4. The molecular formula is C26H34N2O8. The third kappa shape index (κ3) is 5.82. The van der Waals surface area contributed by atoms with Crippen LogP contribution in [0.15, 0.2) is 28.7 Å². The van der Waals surface area contributed by atoms with Gasteiger partial charge in [0, 0.05) is 31.8 Å². The van der Waals surface area contributed by atoms with Crippen molar-refractivity contribution in [1.29, 1.82) is 0 Å². The summed E-state index contributed by atoms with van der Waals surface area (Å²) >= 11 is 0. The minimum atomic E-state index is -1.07. The Morgan fingerprint density at radius 3 is 2.47 bits per heavy atom. The number of carbonyl (C=O) groups is 3. The predicted molar refractivity (Wildman–Crippen MR) is 131 cm³/mol. The zero-order valence-corrected chi connectivity index (χ0v) is 20.7. The summed E-state index contributed by atoms with van der Waals surface area (Å²) in [5.41, 5.74) is 0.965. The Bertz CT molecular complexity index is 1070. The van der Waals surface area contributed by atoms with Crippen molar-refractivity contribution in [2.75, 3.05) is 39.3 Å². The normalized spacial score (nSPS) is 20.7. The SMILES string of the molecule is COCC(COC)OC(=O)c1cc2cc(NC(=O)[C@@H]3[C@H](C4CCCCC4)CCN3C(=O)O)ccc2o1. The van der Waals surface area contributed by atoms with Crippen molar-refractivity contribution in [1.82, 2.24) is 4.90 Å². The molecule has 10 nitrogen and oxygen atoms in total. The number of methoxy groups -OCH3 is 2. The third-order valence-electron chi connectivity index (χ3n) is 7.18. The van der Waals surface area contributed by atoms with Gasteiger partial charge in [0.1, 0.15) is 17.7 Å². The van der Waals surface area contributed by atoms with E-state index < -0.39 is 24.2 Å². The van der Waals surface area contributed by atoms with Gasteiger partial charge >= 0.3 is 12.1 Å². The standard InChI is InChI=1S/C26H34N2O8/c1-33-14-19(15-34-2)35-25(30)22-13-17-12-18(8-9-21(17)36-22)27-24(29)23-20(10-11-28(23)26(31)32)16-6-4-3-5-7-16/h8-9,12-13,16,19-20,23H,3-7,10-11,14-15H2,1-2H3,(H,27,29)(H,31,32)/t20-,23-/m0/s1. The largest absolute Gasteiger partial charge is 0.465 e. The Labute approximate surface area is 209 Å². The summed E-state index contributed by atoms with van der Waals surface area (Å²) in [4.78, 5) is 39.0. The molecular weight excluding hydrogens is 468 g/mol. The highest BCUT2D eigenvalue weighted by Gasteiger charge is 2.45. The number of anilines is 1. The number of rotatable bonds is 9. The van der Waals surface area contributed by atoms with E-state index in [-0.39, 0.29) is 30.8 Å². The Morgan fingerprint density at radius 1 is 1.08 bits per heavy atom. The van der Waals surface area contributed by atoms with Crippen LogP contribution in [0, 0.1) is 11.8 Å².